The van der Waals surface area contributed by atoms with Gasteiger partial charge in [-0.25, -0.2) is 4.79 Å². The van der Waals surface area contributed by atoms with E-state index in [1.165, 1.54) is 24.3 Å². The van der Waals surface area contributed by atoms with E-state index in [0.717, 1.165) is 5.56 Å². The first-order valence-electron chi connectivity index (χ1n) is 15.1. The fraction of sp³-hybridized carbons (Fsp3) is 0.406. The first-order chi connectivity index (χ1) is 22.9. The van der Waals surface area contributed by atoms with Gasteiger partial charge in [0.25, 0.3) is 11.8 Å². The van der Waals surface area contributed by atoms with E-state index in [1.54, 1.807) is 12.1 Å². The van der Waals surface area contributed by atoms with Crippen molar-refractivity contribution in [2.24, 2.45) is 5.41 Å². The molecule has 2 amide bonds. The van der Waals surface area contributed by atoms with Gasteiger partial charge in [-0.05, 0) is 66.6 Å². The summed E-state index contributed by atoms with van der Waals surface area (Å²) < 4.78 is 43.5. The third-order valence-electron chi connectivity index (χ3n) is 7.18. The molecule has 1 aromatic heterocycles. The van der Waals surface area contributed by atoms with Gasteiger partial charge in [0.15, 0.2) is 6.61 Å². The molecule has 3 aromatic rings. The van der Waals surface area contributed by atoms with Crippen molar-refractivity contribution in [2.75, 3.05) is 23.8 Å². The molecular formula is C32H35ClF3N7O6. The van der Waals surface area contributed by atoms with Crippen molar-refractivity contribution >= 4 is 52.8 Å². The summed E-state index contributed by atoms with van der Waals surface area (Å²) in [4.78, 5) is 61.1. The van der Waals surface area contributed by atoms with Crippen molar-refractivity contribution in [2.45, 2.75) is 64.2 Å². The molecule has 2 aromatic carbocycles. The van der Waals surface area contributed by atoms with E-state index in [-0.39, 0.29) is 35.8 Å². The van der Waals surface area contributed by atoms with Crippen molar-refractivity contribution in [3.8, 4) is 6.01 Å². The van der Waals surface area contributed by atoms with Gasteiger partial charge in [-0.1, -0.05) is 44.5 Å². The summed E-state index contributed by atoms with van der Waals surface area (Å²) in [6, 6.07) is 10.7. The molecule has 0 spiro atoms. The molecule has 0 unspecified atom stereocenters. The number of carboxylic acids is 1. The number of amides is 2. The molecule has 1 aliphatic carbocycles. The highest BCUT2D eigenvalue weighted by molar-refractivity contribution is 6.36. The summed E-state index contributed by atoms with van der Waals surface area (Å²) in [6.45, 7) is 4.25. The third-order valence-corrected chi connectivity index (χ3v) is 7.43. The van der Waals surface area contributed by atoms with Crippen LogP contribution >= 0.6 is 11.6 Å². The number of carbonyl (C=O) groups is 4. The Kier molecular flexibility index (Phi) is 11.3. The van der Waals surface area contributed by atoms with Gasteiger partial charge in [-0.15, -0.1) is 0 Å². The molecule has 17 heteroatoms. The van der Waals surface area contributed by atoms with E-state index in [0.29, 0.717) is 23.6 Å². The average Bonchev–Trinajstić information content (AvgIpc) is 3.80. The zero-order valence-corrected chi connectivity index (χ0v) is 27.5. The van der Waals surface area contributed by atoms with Crippen LogP contribution in [-0.2, 0) is 19.9 Å². The molecule has 0 saturated heterocycles. The van der Waals surface area contributed by atoms with Crippen LogP contribution in [0.15, 0.2) is 48.5 Å². The van der Waals surface area contributed by atoms with Crippen LogP contribution < -0.4 is 26.0 Å². The van der Waals surface area contributed by atoms with Crippen LogP contribution in [0.2, 0.25) is 5.02 Å². The highest BCUT2D eigenvalue weighted by Crippen LogP contribution is 2.48. The number of aromatic nitrogens is 3. The predicted octanol–water partition coefficient (Wildman–Crippen LogP) is 5.01. The molecule has 1 fully saturated rings. The van der Waals surface area contributed by atoms with Gasteiger partial charge in [0.05, 0.1) is 5.54 Å². The average molecular weight is 706 g/mol. The zero-order valence-electron chi connectivity index (χ0n) is 26.8. The van der Waals surface area contributed by atoms with E-state index in [4.69, 9.17) is 16.3 Å². The Balaban J connectivity index is 1.42. The molecule has 5 N–H and O–H groups in total. The molecular weight excluding hydrogens is 671 g/mol. The highest BCUT2D eigenvalue weighted by atomic mass is 35.5. The number of ketones is 1. The second kappa shape index (κ2) is 15.1. The number of benzene rings is 2. The maximum Gasteiger partial charge on any atom is 0.422 e. The molecule has 0 radical (unpaired) electrons. The molecule has 0 bridgehead atoms. The SMILES string of the molecule is CC(C)(C)CNC(=O)C(=O)CC[C@H](NC(=O)c1ccc(Nc2nc(NC3(c4ccc(Cl)cc4)CC3)nc(OCC(F)(F)F)n2)cc1)C(=O)O. The summed E-state index contributed by atoms with van der Waals surface area (Å²) in [5, 5.41) is 21.0. The Hall–Kier alpha value is -4.99. The molecule has 13 nitrogen and oxygen atoms in total. The Labute approximate surface area is 284 Å². The van der Waals surface area contributed by atoms with Crippen LogP contribution in [0.1, 0.15) is 62.4 Å². The number of hydrogen-bond acceptors (Lipinski definition) is 10. The summed E-state index contributed by atoms with van der Waals surface area (Å²) in [6.07, 6.45) is -3.93. The highest BCUT2D eigenvalue weighted by Gasteiger charge is 2.45. The summed E-state index contributed by atoms with van der Waals surface area (Å²) in [5.41, 5.74) is 0.472. The smallest absolute Gasteiger partial charge is 0.422 e. The Morgan fingerprint density at radius 3 is 2.16 bits per heavy atom. The van der Waals surface area contributed by atoms with Crippen molar-refractivity contribution in [1.82, 2.24) is 25.6 Å². The van der Waals surface area contributed by atoms with Crippen molar-refractivity contribution in [3.05, 3.63) is 64.7 Å². The van der Waals surface area contributed by atoms with Crippen molar-refractivity contribution < 1.29 is 42.2 Å². The van der Waals surface area contributed by atoms with Gasteiger partial charge in [-0.2, -0.15) is 28.1 Å². The van der Waals surface area contributed by atoms with E-state index in [9.17, 15) is 37.5 Å². The Morgan fingerprint density at radius 2 is 1.59 bits per heavy atom. The first kappa shape index (κ1) is 36.8. The molecule has 49 heavy (non-hydrogen) atoms. The van der Waals surface area contributed by atoms with Crippen molar-refractivity contribution in [1.29, 1.82) is 0 Å². The van der Waals surface area contributed by atoms with E-state index in [1.807, 2.05) is 32.9 Å². The monoisotopic (exact) mass is 705 g/mol. The van der Waals surface area contributed by atoms with Gasteiger partial charge < -0.3 is 31.1 Å². The van der Waals surface area contributed by atoms with Crippen LogP contribution in [0.3, 0.4) is 0 Å². The number of alkyl halides is 3. The molecule has 1 aliphatic rings. The van der Waals surface area contributed by atoms with Gasteiger partial charge in [-0.3, -0.25) is 14.4 Å². The third kappa shape index (κ3) is 11.3. The number of nitrogens with one attached hydrogen (secondary N) is 4. The van der Waals surface area contributed by atoms with E-state index >= 15 is 0 Å². The van der Waals surface area contributed by atoms with Crippen LogP contribution in [0.4, 0.5) is 30.8 Å². The number of carbonyl (C=O) groups excluding carboxylic acids is 3. The fourth-order valence-corrected chi connectivity index (χ4v) is 4.56. The fourth-order valence-electron chi connectivity index (χ4n) is 4.44. The lowest BCUT2D eigenvalue weighted by molar-refractivity contribution is -0.154. The molecule has 0 aliphatic heterocycles. The van der Waals surface area contributed by atoms with Crippen LogP contribution in [0.5, 0.6) is 6.01 Å². The van der Waals surface area contributed by atoms with Crippen LogP contribution in [-0.4, -0.2) is 69.0 Å². The molecule has 262 valence electrons. The van der Waals surface area contributed by atoms with Gasteiger partial charge in [0, 0.05) is 29.2 Å². The number of anilines is 3. The zero-order chi connectivity index (χ0) is 36.0. The van der Waals surface area contributed by atoms with Crippen LogP contribution in [0, 0.1) is 5.41 Å². The first-order valence-corrected chi connectivity index (χ1v) is 15.5. The van der Waals surface area contributed by atoms with E-state index < -0.39 is 60.4 Å². The quantitative estimate of drug-likeness (QED) is 0.134. The number of rotatable bonds is 15. The number of aliphatic carboxylic acids is 1. The molecule has 4 rings (SSSR count). The number of hydrogen-bond donors (Lipinski definition) is 5. The minimum Gasteiger partial charge on any atom is -0.480 e. The lowest BCUT2D eigenvalue weighted by Crippen LogP contribution is -2.42. The lowest BCUT2D eigenvalue weighted by atomic mass is 9.97. The topological polar surface area (TPSA) is 185 Å². The minimum atomic E-state index is -4.64. The normalized spacial score (nSPS) is 14.3. The Bertz CT molecular complexity index is 1680. The summed E-state index contributed by atoms with van der Waals surface area (Å²) in [7, 11) is 0. The molecule has 1 saturated carbocycles. The second-order valence-corrected chi connectivity index (χ2v) is 13.1. The van der Waals surface area contributed by atoms with Crippen LogP contribution in [0.25, 0.3) is 0 Å². The summed E-state index contributed by atoms with van der Waals surface area (Å²) in [5.74, 6) is -3.97. The summed E-state index contributed by atoms with van der Waals surface area (Å²) >= 11 is 6.01. The predicted molar refractivity (Wildman–Crippen MR) is 173 cm³/mol. The van der Waals surface area contributed by atoms with Crippen molar-refractivity contribution in [3.63, 3.8) is 0 Å². The number of ether oxygens (including phenoxy) is 1. The molecule has 1 heterocycles. The maximum absolute atomic E-state index is 12.9. The van der Waals surface area contributed by atoms with Gasteiger partial charge in [0.1, 0.15) is 6.04 Å². The largest absolute Gasteiger partial charge is 0.480 e. The van der Waals surface area contributed by atoms with E-state index in [2.05, 4.69) is 36.2 Å². The lowest BCUT2D eigenvalue weighted by Gasteiger charge is -2.19. The molecule has 1 atom stereocenters. The van der Waals surface area contributed by atoms with Gasteiger partial charge >= 0.3 is 18.2 Å². The number of carboxylic acid groups (broad SMARTS) is 1. The number of nitrogens with zero attached hydrogens (tertiary/aromatic N) is 3. The standard InChI is InChI=1S/C32H35ClF3N7O6/c1-30(2,3)16-37-25(46)23(44)13-12-22(26(47)48)39-24(45)18-4-10-21(11-5-18)38-27-40-28(42-29(41-27)49-17-32(34,35)36)43-31(14-15-31)19-6-8-20(33)9-7-19/h4-11,22H,12-17H2,1-3H3,(H,37,46)(H,39,45)(H,47,48)(H2,38,40,41,42,43)/t22-/m0/s1. The number of halogens is 4. The number of Topliss-reactive ketones (excluding diaryl/α,β-unsaturated/α-hetero) is 1. The second-order valence-electron chi connectivity index (χ2n) is 12.7. The minimum absolute atomic E-state index is 0.0389. The van der Waals surface area contributed by atoms with Gasteiger partial charge in [0.2, 0.25) is 17.7 Å². The maximum atomic E-state index is 12.9. The Morgan fingerprint density at radius 1 is 0.959 bits per heavy atom.